The number of hydrazine groups is 1. The minimum absolute atomic E-state index is 0.247. The van der Waals surface area contributed by atoms with Gasteiger partial charge >= 0.3 is 0 Å². The maximum atomic E-state index is 13.8. The largest absolute Gasteiger partial charge is 0.271 e. The number of halogens is 3. The van der Waals surface area contributed by atoms with Gasteiger partial charge in [0, 0.05) is 16.7 Å². The minimum atomic E-state index is -0.666. The summed E-state index contributed by atoms with van der Waals surface area (Å²) in [6.45, 7) is 1.85. The minimum Gasteiger partial charge on any atom is -0.271 e. The maximum Gasteiger partial charge on any atom is 0.131 e. The molecule has 0 aliphatic rings. The summed E-state index contributed by atoms with van der Waals surface area (Å²) >= 11 is 6.21. The van der Waals surface area contributed by atoms with Crippen molar-refractivity contribution in [3.05, 3.63) is 69.7 Å². The van der Waals surface area contributed by atoms with Crippen LogP contribution in [0.15, 0.2) is 36.4 Å². The molecule has 0 heterocycles. The summed E-state index contributed by atoms with van der Waals surface area (Å²) < 4.78 is 26.8. The molecule has 0 saturated carbocycles. The smallest absolute Gasteiger partial charge is 0.131 e. The molecule has 2 nitrogen and oxygen atoms in total. The van der Waals surface area contributed by atoms with Gasteiger partial charge in [-0.05, 0) is 24.1 Å². The lowest BCUT2D eigenvalue weighted by Gasteiger charge is -2.19. The van der Waals surface area contributed by atoms with Gasteiger partial charge in [-0.25, -0.2) is 14.2 Å². The SMILES string of the molecule is Cc1cccc(C(NN)c2ccc(F)cc2F)c1Cl. The molecule has 2 aromatic carbocycles. The molecule has 0 fully saturated rings. The highest BCUT2D eigenvalue weighted by Crippen LogP contribution is 2.31. The van der Waals surface area contributed by atoms with Crippen molar-refractivity contribution in [3.63, 3.8) is 0 Å². The molecule has 0 bridgehead atoms. The van der Waals surface area contributed by atoms with Gasteiger partial charge in [0.15, 0.2) is 0 Å². The zero-order chi connectivity index (χ0) is 14.0. The Labute approximate surface area is 115 Å². The molecule has 1 unspecified atom stereocenters. The molecule has 3 N–H and O–H groups in total. The zero-order valence-corrected chi connectivity index (χ0v) is 11.0. The van der Waals surface area contributed by atoms with E-state index in [1.807, 2.05) is 19.1 Å². The van der Waals surface area contributed by atoms with Crippen LogP contribution in [0.4, 0.5) is 8.78 Å². The van der Waals surface area contributed by atoms with Crippen LogP contribution >= 0.6 is 11.6 Å². The average Bonchev–Trinajstić information content (AvgIpc) is 2.37. The van der Waals surface area contributed by atoms with Crippen molar-refractivity contribution < 1.29 is 8.78 Å². The fraction of sp³-hybridized carbons (Fsp3) is 0.143. The van der Waals surface area contributed by atoms with E-state index >= 15 is 0 Å². The van der Waals surface area contributed by atoms with Crippen molar-refractivity contribution in [1.82, 2.24) is 5.43 Å². The number of hydrogen-bond donors (Lipinski definition) is 2. The Morgan fingerprint density at radius 3 is 2.53 bits per heavy atom. The first-order valence-corrected chi connectivity index (χ1v) is 6.08. The Morgan fingerprint density at radius 2 is 1.89 bits per heavy atom. The van der Waals surface area contributed by atoms with Gasteiger partial charge in [-0.3, -0.25) is 5.84 Å². The second-order valence-corrected chi connectivity index (χ2v) is 4.62. The van der Waals surface area contributed by atoms with Gasteiger partial charge in [0.05, 0.1) is 6.04 Å². The van der Waals surface area contributed by atoms with Crippen LogP contribution in [0.1, 0.15) is 22.7 Å². The van der Waals surface area contributed by atoms with Crippen LogP contribution in [0.5, 0.6) is 0 Å². The van der Waals surface area contributed by atoms with E-state index in [9.17, 15) is 8.78 Å². The number of benzene rings is 2. The van der Waals surface area contributed by atoms with E-state index in [2.05, 4.69) is 5.43 Å². The summed E-state index contributed by atoms with van der Waals surface area (Å²) in [5.41, 5.74) is 4.27. The molecule has 1 atom stereocenters. The molecule has 2 rings (SSSR count). The zero-order valence-electron chi connectivity index (χ0n) is 10.3. The monoisotopic (exact) mass is 282 g/mol. The highest BCUT2D eigenvalue weighted by Gasteiger charge is 2.20. The number of hydrogen-bond acceptors (Lipinski definition) is 2. The average molecular weight is 283 g/mol. The lowest BCUT2D eigenvalue weighted by atomic mass is 9.97. The van der Waals surface area contributed by atoms with Crippen molar-refractivity contribution in [1.29, 1.82) is 0 Å². The van der Waals surface area contributed by atoms with Gasteiger partial charge in [0.25, 0.3) is 0 Å². The molecule has 2 aromatic rings. The summed E-state index contributed by atoms with van der Waals surface area (Å²) in [6.07, 6.45) is 0. The Morgan fingerprint density at radius 1 is 1.16 bits per heavy atom. The third kappa shape index (κ3) is 2.76. The van der Waals surface area contributed by atoms with Gasteiger partial charge in [0.1, 0.15) is 11.6 Å². The second kappa shape index (κ2) is 5.65. The molecule has 19 heavy (non-hydrogen) atoms. The van der Waals surface area contributed by atoms with E-state index in [0.717, 1.165) is 11.6 Å². The topological polar surface area (TPSA) is 38.0 Å². The Balaban J connectivity index is 2.53. The van der Waals surface area contributed by atoms with E-state index in [1.54, 1.807) is 6.07 Å². The molecule has 0 spiro atoms. The Hall–Kier alpha value is -1.49. The maximum absolute atomic E-state index is 13.8. The number of nitrogens with two attached hydrogens (primary N) is 1. The van der Waals surface area contributed by atoms with Gasteiger partial charge in [-0.2, -0.15) is 0 Å². The molecule has 0 amide bonds. The highest BCUT2D eigenvalue weighted by molar-refractivity contribution is 6.32. The summed E-state index contributed by atoms with van der Waals surface area (Å²) in [5, 5.41) is 0.508. The van der Waals surface area contributed by atoms with E-state index in [-0.39, 0.29) is 5.56 Å². The van der Waals surface area contributed by atoms with Gasteiger partial charge in [-0.1, -0.05) is 35.9 Å². The van der Waals surface area contributed by atoms with Crippen LogP contribution < -0.4 is 11.3 Å². The highest BCUT2D eigenvalue weighted by atomic mass is 35.5. The van der Waals surface area contributed by atoms with Gasteiger partial charge < -0.3 is 0 Å². The van der Waals surface area contributed by atoms with Crippen LogP contribution in [0.2, 0.25) is 5.02 Å². The molecule has 0 saturated heterocycles. The van der Waals surface area contributed by atoms with E-state index in [4.69, 9.17) is 17.4 Å². The lowest BCUT2D eigenvalue weighted by Crippen LogP contribution is -2.30. The van der Waals surface area contributed by atoms with Crippen LogP contribution in [-0.2, 0) is 0 Å². The van der Waals surface area contributed by atoms with E-state index in [1.165, 1.54) is 12.1 Å². The Bertz CT molecular complexity index is 602. The van der Waals surface area contributed by atoms with Crippen LogP contribution in [0.25, 0.3) is 0 Å². The summed E-state index contributed by atoms with van der Waals surface area (Å²) in [7, 11) is 0. The van der Waals surface area contributed by atoms with Gasteiger partial charge in [0.2, 0.25) is 0 Å². The second-order valence-electron chi connectivity index (χ2n) is 4.24. The first-order valence-electron chi connectivity index (χ1n) is 5.70. The number of nitrogens with one attached hydrogen (secondary N) is 1. The van der Waals surface area contributed by atoms with Crippen molar-refractivity contribution in [2.75, 3.05) is 0 Å². The third-order valence-corrected chi connectivity index (χ3v) is 3.49. The predicted octanol–water partition coefficient (Wildman–Crippen LogP) is 3.48. The normalized spacial score (nSPS) is 12.5. The molecular weight excluding hydrogens is 270 g/mol. The molecule has 0 radical (unpaired) electrons. The fourth-order valence-electron chi connectivity index (χ4n) is 1.98. The van der Waals surface area contributed by atoms with Crippen LogP contribution in [0.3, 0.4) is 0 Å². The summed E-state index contributed by atoms with van der Waals surface area (Å²) in [6, 6.07) is 8.14. The Kier molecular flexibility index (Phi) is 4.14. The molecule has 100 valence electrons. The van der Waals surface area contributed by atoms with Crippen LogP contribution in [0, 0.1) is 18.6 Å². The summed E-state index contributed by atoms with van der Waals surface area (Å²) in [5.74, 6) is 4.20. The predicted molar refractivity (Wildman–Crippen MR) is 71.7 cm³/mol. The quantitative estimate of drug-likeness (QED) is 0.668. The van der Waals surface area contributed by atoms with E-state index in [0.29, 0.717) is 10.6 Å². The number of rotatable bonds is 3. The van der Waals surface area contributed by atoms with Crippen molar-refractivity contribution in [3.8, 4) is 0 Å². The molecule has 0 aromatic heterocycles. The van der Waals surface area contributed by atoms with Crippen molar-refractivity contribution in [2.24, 2.45) is 5.84 Å². The molecule has 0 aliphatic carbocycles. The third-order valence-electron chi connectivity index (χ3n) is 2.97. The fourth-order valence-corrected chi connectivity index (χ4v) is 2.21. The molecule has 0 aliphatic heterocycles. The van der Waals surface area contributed by atoms with Gasteiger partial charge in [-0.15, -0.1) is 0 Å². The standard InChI is InChI=1S/C14H13ClF2N2/c1-8-3-2-4-11(13(8)15)14(19-18)10-6-5-9(16)7-12(10)17/h2-7,14,19H,18H2,1H3. The first-order chi connectivity index (χ1) is 9.04. The molecule has 5 heteroatoms. The van der Waals surface area contributed by atoms with Crippen LogP contribution in [-0.4, -0.2) is 0 Å². The van der Waals surface area contributed by atoms with Crippen molar-refractivity contribution >= 4 is 11.6 Å². The number of aryl methyl sites for hydroxylation is 1. The van der Waals surface area contributed by atoms with E-state index < -0.39 is 17.7 Å². The first kappa shape index (κ1) is 13.9. The van der Waals surface area contributed by atoms with Crippen molar-refractivity contribution in [2.45, 2.75) is 13.0 Å². The lowest BCUT2D eigenvalue weighted by molar-refractivity contribution is 0.541. The summed E-state index contributed by atoms with van der Waals surface area (Å²) in [4.78, 5) is 0. The molecular formula is C14H13ClF2N2.